The summed E-state index contributed by atoms with van der Waals surface area (Å²) in [6, 6.07) is 12.5. The van der Waals surface area contributed by atoms with Crippen LogP contribution >= 0.6 is 11.6 Å². The number of nitrogens with zero attached hydrogens (tertiary/aromatic N) is 1. The molecule has 0 heterocycles. The van der Waals surface area contributed by atoms with E-state index in [1.807, 2.05) is 38.1 Å². The van der Waals surface area contributed by atoms with Crippen LogP contribution in [-0.4, -0.2) is 19.6 Å². The first kappa shape index (κ1) is 19.4. The first-order chi connectivity index (χ1) is 12.5. The molecule has 0 radical (unpaired) electrons. The summed E-state index contributed by atoms with van der Waals surface area (Å²) < 4.78 is 10.7. The van der Waals surface area contributed by atoms with Gasteiger partial charge in [-0.15, -0.1) is 0 Å². The standard InChI is InChI=1S/C20H19ClN2O3/c1-4-26-19-10-14(17(21)11-18(19)25-3)9-15(12-22)20(24)23-16-7-5-6-13(2)8-16/h5-11H,4H2,1-3H3,(H,23,24)/b15-9+. The average Bonchev–Trinajstić information content (AvgIpc) is 2.61. The topological polar surface area (TPSA) is 71.3 Å². The van der Waals surface area contributed by atoms with Gasteiger partial charge in [0.15, 0.2) is 11.5 Å². The lowest BCUT2D eigenvalue weighted by Gasteiger charge is -2.11. The molecule has 0 bridgehead atoms. The van der Waals surface area contributed by atoms with Gasteiger partial charge in [-0.3, -0.25) is 4.79 Å². The van der Waals surface area contributed by atoms with Gasteiger partial charge in [0.1, 0.15) is 11.6 Å². The van der Waals surface area contributed by atoms with Crippen LogP contribution < -0.4 is 14.8 Å². The maximum Gasteiger partial charge on any atom is 0.266 e. The molecule has 1 amide bonds. The van der Waals surface area contributed by atoms with Crippen LogP contribution in [0.1, 0.15) is 18.1 Å². The van der Waals surface area contributed by atoms with Crippen LogP contribution in [0.3, 0.4) is 0 Å². The molecule has 0 spiro atoms. The number of anilines is 1. The highest BCUT2D eigenvalue weighted by atomic mass is 35.5. The van der Waals surface area contributed by atoms with Gasteiger partial charge >= 0.3 is 0 Å². The number of hydrogen-bond acceptors (Lipinski definition) is 4. The minimum atomic E-state index is -0.511. The van der Waals surface area contributed by atoms with Crippen LogP contribution in [0.25, 0.3) is 6.08 Å². The third-order valence-corrected chi connectivity index (χ3v) is 3.85. The molecule has 1 N–H and O–H groups in total. The van der Waals surface area contributed by atoms with Crippen molar-refractivity contribution in [2.75, 3.05) is 19.0 Å². The molecule has 0 atom stereocenters. The molecule has 0 aliphatic rings. The van der Waals surface area contributed by atoms with E-state index >= 15 is 0 Å². The summed E-state index contributed by atoms with van der Waals surface area (Å²) in [6.45, 7) is 4.21. The number of nitriles is 1. The fourth-order valence-corrected chi connectivity index (χ4v) is 2.52. The summed E-state index contributed by atoms with van der Waals surface area (Å²) >= 11 is 6.25. The first-order valence-electron chi connectivity index (χ1n) is 7.98. The third-order valence-electron chi connectivity index (χ3n) is 3.52. The van der Waals surface area contributed by atoms with E-state index < -0.39 is 5.91 Å². The van der Waals surface area contributed by atoms with E-state index in [1.54, 1.807) is 18.2 Å². The van der Waals surface area contributed by atoms with Crippen LogP contribution in [0.5, 0.6) is 11.5 Å². The molecule has 2 aromatic rings. The first-order valence-corrected chi connectivity index (χ1v) is 8.36. The van der Waals surface area contributed by atoms with E-state index in [2.05, 4.69) is 5.32 Å². The van der Waals surface area contributed by atoms with Crippen molar-refractivity contribution in [2.45, 2.75) is 13.8 Å². The summed E-state index contributed by atoms with van der Waals surface area (Å²) in [5.74, 6) is 0.460. The molecule has 6 heteroatoms. The predicted molar refractivity (Wildman–Crippen MR) is 103 cm³/mol. The minimum Gasteiger partial charge on any atom is -0.493 e. The lowest BCUT2D eigenvalue weighted by atomic mass is 10.1. The van der Waals surface area contributed by atoms with Crippen molar-refractivity contribution in [1.29, 1.82) is 5.26 Å². The Kier molecular flexibility index (Phi) is 6.65. The molecular weight excluding hydrogens is 352 g/mol. The lowest BCUT2D eigenvalue weighted by molar-refractivity contribution is -0.112. The van der Waals surface area contributed by atoms with E-state index in [9.17, 15) is 10.1 Å². The molecule has 5 nitrogen and oxygen atoms in total. The van der Waals surface area contributed by atoms with Gasteiger partial charge in [0.05, 0.1) is 18.7 Å². The molecule has 2 aromatic carbocycles. The van der Waals surface area contributed by atoms with Crippen LogP contribution in [-0.2, 0) is 4.79 Å². The number of carbonyl (C=O) groups is 1. The van der Waals surface area contributed by atoms with Crippen LogP contribution in [0.4, 0.5) is 5.69 Å². The zero-order valence-electron chi connectivity index (χ0n) is 14.8. The van der Waals surface area contributed by atoms with Gasteiger partial charge in [-0.2, -0.15) is 5.26 Å². The lowest BCUT2D eigenvalue weighted by Crippen LogP contribution is -2.13. The van der Waals surface area contributed by atoms with Gasteiger partial charge in [-0.1, -0.05) is 23.7 Å². The van der Waals surface area contributed by atoms with Crippen LogP contribution in [0, 0.1) is 18.3 Å². The van der Waals surface area contributed by atoms with Gasteiger partial charge in [0.25, 0.3) is 5.91 Å². The number of halogens is 1. The molecule has 26 heavy (non-hydrogen) atoms. The summed E-state index contributed by atoms with van der Waals surface area (Å²) in [4.78, 5) is 12.4. The Morgan fingerprint density at radius 2 is 2.08 bits per heavy atom. The molecule has 0 aromatic heterocycles. The Morgan fingerprint density at radius 3 is 2.69 bits per heavy atom. The van der Waals surface area contributed by atoms with Gasteiger partial charge in [0.2, 0.25) is 0 Å². The Labute approximate surface area is 157 Å². The highest BCUT2D eigenvalue weighted by Gasteiger charge is 2.14. The number of benzene rings is 2. The van der Waals surface area contributed by atoms with Crippen molar-refractivity contribution in [2.24, 2.45) is 0 Å². The highest BCUT2D eigenvalue weighted by molar-refractivity contribution is 6.32. The zero-order valence-corrected chi connectivity index (χ0v) is 15.6. The number of amides is 1. The van der Waals surface area contributed by atoms with E-state index in [1.165, 1.54) is 13.2 Å². The quantitative estimate of drug-likeness (QED) is 0.595. The highest BCUT2D eigenvalue weighted by Crippen LogP contribution is 2.34. The van der Waals surface area contributed by atoms with Crippen molar-refractivity contribution >= 4 is 29.3 Å². The van der Waals surface area contributed by atoms with Crippen molar-refractivity contribution in [3.8, 4) is 17.6 Å². The van der Waals surface area contributed by atoms with E-state index in [-0.39, 0.29) is 5.57 Å². The number of methoxy groups -OCH3 is 1. The fraction of sp³-hybridized carbons (Fsp3) is 0.200. The maximum atomic E-state index is 12.4. The Bertz CT molecular complexity index is 885. The molecule has 0 saturated heterocycles. The maximum absolute atomic E-state index is 12.4. The van der Waals surface area contributed by atoms with Crippen molar-refractivity contribution in [3.05, 3.63) is 58.1 Å². The molecular formula is C20H19ClN2O3. The van der Waals surface area contributed by atoms with Gasteiger partial charge in [-0.25, -0.2) is 0 Å². The Hall–Kier alpha value is -2.97. The van der Waals surface area contributed by atoms with Crippen molar-refractivity contribution in [1.82, 2.24) is 0 Å². The van der Waals surface area contributed by atoms with Crippen LogP contribution in [0.15, 0.2) is 42.0 Å². The molecule has 0 aliphatic heterocycles. The van der Waals surface area contributed by atoms with E-state index in [0.29, 0.717) is 34.4 Å². The molecule has 0 saturated carbocycles. The number of rotatable bonds is 6. The van der Waals surface area contributed by atoms with Crippen LogP contribution in [0.2, 0.25) is 5.02 Å². The second-order valence-corrected chi connectivity index (χ2v) is 5.86. The molecule has 134 valence electrons. The molecule has 2 rings (SSSR count). The average molecular weight is 371 g/mol. The predicted octanol–water partition coefficient (Wildman–Crippen LogP) is 4.60. The second-order valence-electron chi connectivity index (χ2n) is 5.45. The fourth-order valence-electron chi connectivity index (χ4n) is 2.31. The Morgan fingerprint density at radius 1 is 1.31 bits per heavy atom. The number of hydrogen-bond donors (Lipinski definition) is 1. The summed E-state index contributed by atoms with van der Waals surface area (Å²) in [5.41, 5.74) is 2.05. The smallest absolute Gasteiger partial charge is 0.266 e. The number of nitrogens with one attached hydrogen (secondary N) is 1. The summed E-state index contributed by atoms with van der Waals surface area (Å²) in [5, 5.41) is 12.4. The van der Waals surface area contributed by atoms with E-state index in [0.717, 1.165) is 5.56 Å². The summed E-state index contributed by atoms with van der Waals surface area (Å²) in [7, 11) is 1.51. The summed E-state index contributed by atoms with van der Waals surface area (Å²) in [6.07, 6.45) is 1.43. The van der Waals surface area contributed by atoms with Gasteiger partial charge in [0, 0.05) is 11.8 Å². The molecule has 0 aliphatic carbocycles. The van der Waals surface area contributed by atoms with Crippen molar-refractivity contribution in [3.63, 3.8) is 0 Å². The molecule has 0 fully saturated rings. The van der Waals surface area contributed by atoms with Gasteiger partial charge in [-0.05, 0) is 49.2 Å². The zero-order chi connectivity index (χ0) is 19.1. The largest absolute Gasteiger partial charge is 0.493 e. The van der Waals surface area contributed by atoms with Crippen molar-refractivity contribution < 1.29 is 14.3 Å². The molecule has 0 unspecified atom stereocenters. The number of aryl methyl sites for hydroxylation is 1. The van der Waals surface area contributed by atoms with E-state index in [4.69, 9.17) is 21.1 Å². The minimum absolute atomic E-state index is 0.0685. The normalized spacial score (nSPS) is 10.8. The Balaban J connectivity index is 2.34. The third kappa shape index (κ3) is 4.78. The number of ether oxygens (including phenoxy) is 2. The SMILES string of the molecule is CCOc1cc(/C=C(\C#N)C(=O)Nc2cccc(C)c2)c(Cl)cc1OC. The second kappa shape index (κ2) is 8.93. The van der Waals surface area contributed by atoms with Gasteiger partial charge < -0.3 is 14.8 Å². The monoisotopic (exact) mass is 370 g/mol. The number of carbonyl (C=O) groups excluding carboxylic acids is 1.